The molecule has 0 spiro atoms. The Morgan fingerprint density at radius 2 is 2.20 bits per heavy atom. The summed E-state index contributed by atoms with van der Waals surface area (Å²) in [6.07, 6.45) is 2.65. The standard InChI is InChI=1S/C19H21N3O3/c1-14-7-8-17-16(11-14)22(19(24)13-25-17)10-4-6-18(23)21-12-15-5-2-3-9-20-15/h2-3,5,7-9,11H,4,6,10,12-13H2,1H3,(H,21,23). The fraction of sp³-hybridized carbons (Fsp3) is 0.316. The number of rotatable bonds is 6. The van der Waals surface area contributed by atoms with Crippen molar-refractivity contribution in [2.75, 3.05) is 18.1 Å². The molecule has 0 fully saturated rings. The van der Waals surface area contributed by atoms with Crippen LogP contribution < -0.4 is 15.0 Å². The number of nitrogens with one attached hydrogen (secondary N) is 1. The van der Waals surface area contributed by atoms with Gasteiger partial charge in [-0.25, -0.2) is 0 Å². The Morgan fingerprint density at radius 3 is 3.00 bits per heavy atom. The number of fused-ring (bicyclic) bond motifs is 1. The maximum absolute atomic E-state index is 12.1. The van der Waals surface area contributed by atoms with Gasteiger partial charge in [0.15, 0.2) is 6.61 Å². The maximum Gasteiger partial charge on any atom is 0.265 e. The van der Waals surface area contributed by atoms with Crippen LogP contribution in [0.1, 0.15) is 24.1 Å². The van der Waals surface area contributed by atoms with Gasteiger partial charge in [0, 0.05) is 19.2 Å². The van der Waals surface area contributed by atoms with Crippen LogP contribution in [0.25, 0.3) is 0 Å². The first kappa shape index (κ1) is 17.0. The fourth-order valence-corrected chi connectivity index (χ4v) is 2.74. The summed E-state index contributed by atoms with van der Waals surface area (Å²) < 4.78 is 5.46. The molecule has 2 amide bonds. The van der Waals surface area contributed by atoms with Gasteiger partial charge in [0.1, 0.15) is 5.75 Å². The van der Waals surface area contributed by atoms with Gasteiger partial charge in [-0.1, -0.05) is 12.1 Å². The highest BCUT2D eigenvalue weighted by molar-refractivity contribution is 5.97. The molecule has 3 rings (SSSR count). The van der Waals surface area contributed by atoms with E-state index in [2.05, 4.69) is 10.3 Å². The second kappa shape index (κ2) is 7.79. The van der Waals surface area contributed by atoms with Crippen molar-refractivity contribution in [1.82, 2.24) is 10.3 Å². The normalized spacial score (nSPS) is 13.2. The molecule has 6 nitrogen and oxygen atoms in total. The van der Waals surface area contributed by atoms with Gasteiger partial charge >= 0.3 is 0 Å². The lowest BCUT2D eigenvalue weighted by molar-refractivity contribution is -0.123. The van der Waals surface area contributed by atoms with Crippen molar-refractivity contribution in [1.29, 1.82) is 0 Å². The monoisotopic (exact) mass is 339 g/mol. The number of anilines is 1. The third-order valence-corrected chi connectivity index (χ3v) is 4.04. The molecule has 1 aliphatic rings. The smallest absolute Gasteiger partial charge is 0.265 e. The Bertz CT molecular complexity index is 762. The van der Waals surface area contributed by atoms with Gasteiger partial charge < -0.3 is 15.0 Å². The van der Waals surface area contributed by atoms with Crippen LogP contribution in [0, 0.1) is 6.92 Å². The quantitative estimate of drug-likeness (QED) is 0.876. The molecule has 0 saturated carbocycles. The van der Waals surface area contributed by atoms with Gasteiger partial charge in [-0.2, -0.15) is 0 Å². The Balaban J connectivity index is 1.51. The lowest BCUT2D eigenvalue weighted by Gasteiger charge is -2.29. The van der Waals surface area contributed by atoms with E-state index in [4.69, 9.17) is 4.74 Å². The van der Waals surface area contributed by atoms with E-state index in [1.54, 1.807) is 11.1 Å². The van der Waals surface area contributed by atoms with Gasteiger partial charge in [-0.15, -0.1) is 0 Å². The Hall–Kier alpha value is -2.89. The first-order chi connectivity index (χ1) is 12.1. The molecule has 1 aromatic heterocycles. The van der Waals surface area contributed by atoms with Gasteiger partial charge in [-0.05, 0) is 43.2 Å². The van der Waals surface area contributed by atoms with Gasteiger partial charge in [-0.3, -0.25) is 14.6 Å². The highest BCUT2D eigenvalue weighted by atomic mass is 16.5. The third kappa shape index (κ3) is 4.35. The van der Waals surface area contributed by atoms with Crippen LogP contribution in [-0.4, -0.2) is 29.9 Å². The SMILES string of the molecule is Cc1ccc2c(c1)N(CCCC(=O)NCc1ccccn1)C(=O)CO2. The molecule has 130 valence electrons. The predicted molar refractivity (Wildman–Crippen MR) is 94.3 cm³/mol. The number of pyridine rings is 1. The third-order valence-electron chi connectivity index (χ3n) is 4.04. The number of carbonyl (C=O) groups excluding carboxylic acids is 2. The molecule has 2 aromatic rings. The molecule has 0 aliphatic carbocycles. The summed E-state index contributed by atoms with van der Waals surface area (Å²) in [6, 6.07) is 11.4. The van der Waals surface area contributed by atoms with Crippen molar-refractivity contribution in [3.63, 3.8) is 0 Å². The van der Waals surface area contributed by atoms with E-state index >= 15 is 0 Å². The van der Waals surface area contributed by atoms with E-state index < -0.39 is 0 Å². The minimum Gasteiger partial charge on any atom is -0.482 e. The molecule has 25 heavy (non-hydrogen) atoms. The molecule has 6 heteroatoms. The van der Waals surface area contributed by atoms with E-state index in [-0.39, 0.29) is 18.4 Å². The second-order valence-electron chi connectivity index (χ2n) is 6.01. The Kier molecular flexibility index (Phi) is 5.28. The average Bonchev–Trinajstić information content (AvgIpc) is 2.63. The van der Waals surface area contributed by atoms with E-state index in [1.165, 1.54) is 0 Å². The van der Waals surface area contributed by atoms with E-state index in [0.29, 0.717) is 31.7 Å². The van der Waals surface area contributed by atoms with Crippen LogP contribution in [0.4, 0.5) is 5.69 Å². The predicted octanol–water partition coefficient (Wildman–Crippen LogP) is 2.21. The van der Waals surface area contributed by atoms with Crippen LogP contribution in [0.5, 0.6) is 5.75 Å². The number of hydrogen-bond acceptors (Lipinski definition) is 4. The van der Waals surface area contributed by atoms with Crippen LogP contribution in [0.2, 0.25) is 0 Å². The second-order valence-corrected chi connectivity index (χ2v) is 6.01. The molecule has 1 aliphatic heterocycles. The number of aryl methyl sites for hydroxylation is 1. The summed E-state index contributed by atoms with van der Waals surface area (Å²) in [4.78, 5) is 30.0. The number of benzene rings is 1. The van der Waals surface area contributed by atoms with Crippen molar-refractivity contribution in [3.8, 4) is 5.75 Å². The maximum atomic E-state index is 12.1. The highest BCUT2D eigenvalue weighted by Crippen LogP contribution is 2.32. The van der Waals surface area contributed by atoms with Gasteiger partial charge in [0.05, 0.1) is 17.9 Å². The Morgan fingerprint density at radius 1 is 1.32 bits per heavy atom. The zero-order valence-corrected chi connectivity index (χ0v) is 14.2. The van der Waals surface area contributed by atoms with Crippen LogP contribution in [0.15, 0.2) is 42.6 Å². The van der Waals surface area contributed by atoms with E-state index in [9.17, 15) is 9.59 Å². The van der Waals surface area contributed by atoms with Crippen LogP contribution in [-0.2, 0) is 16.1 Å². The average molecular weight is 339 g/mol. The largest absolute Gasteiger partial charge is 0.482 e. The van der Waals surface area contributed by atoms with Crippen molar-refractivity contribution in [2.45, 2.75) is 26.3 Å². The van der Waals surface area contributed by atoms with Crippen LogP contribution in [0.3, 0.4) is 0 Å². The molecule has 0 saturated heterocycles. The molecule has 2 heterocycles. The number of hydrogen-bond donors (Lipinski definition) is 1. The zero-order valence-electron chi connectivity index (χ0n) is 14.2. The number of carbonyl (C=O) groups is 2. The minimum atomic E-state index is -0.0769. The van der Waals surface area contributed by atoms with Gasteiger partial charge in [0.25, 0.3) is 5.91 Å². The number of amides is 2. The molecule has 1 N–H and O–H groups in total. The van der Waals surface area contributed by atoms with Crippen molar-refractivity contribution in [2.24, 2.45) is 0 Å². The highest BCUT2D eigenvalue weighted by Gasteiger charge is 2.25. The van der Waals surface area contributed by atoms with Crippen molar-refractivity contribution < 1.29 is 14.3 Å². The molecular formula is C19H21N3O3. The molecule has 0 atom stereocenters. The topological polar surface area (TPSA) is 71.5 Å². The molecule has 0 radical (unpaired) electrons. The summed E-state index contributed by atoms with van der Waals surface area (Å²) in [5, 5.41) is 2.85. The summed E-state index contributed by atoms with van der Waals surface area (Å²) >= 11 is 0. The summed E-state index contributed by atoms with van der Waals surface area (Å²) in [5.41, 5.74) is 2.67. The first-order valence-corrected chi connectivity index (χ1v) is 8.34. The first-order valence-electron chi connectivity index (χ1n) is 8.34. The van der Waals surface area contributed by atoms with Gasteiger partial charge in [0.2, 0.25) is 5.91 Å². The van der Waals surface area contributed by atoms with Crippen LogP contribution >= 0.6 is 0 Å². The lowest BCUT2D eigenvalue weighted by Crippen LogP contribution is -2.39. The fourth-order valence-electron chi connectivity index (χ4n) is 2.74. The Labute approximate surface area is 146 Å². The molecule has 1 aromatic carbocycles. The number of aromatic nitrogens is 1. The summed E-state index contributed by atoms with van der Waals surface area (Å²) in [5.74, 6) is 0.590. The summed E-state index contributed by atoms with van der Waals surface area (Å²) in [6.45, 7) is 2.93. The lowest BCUT2D eigenvalue weighted by atomic mass is 10.1. The molecular weight excluding hydrogens is 318 g/mol. The molecule has 0 unspecified atom stereocenters. The number of ether oxygens (including phenoxy) is 1. The van der Waals surface area contributed by atoms with E-state index in [1.807, 2.05) is 43.3 Å². The zero-order chi connectivity index (χ0) is 17.6. The van der Waals surface area contributed by atoms with Crippen molar-refractivity contribution in [3.05, 3.63) is 53.9 Å². The van der Waals surface area contributed by atoms with Crippen molar-refractivity contribution >= 4 is 17.5 Å². The van der Waals surface area contributed by atoms with E-state index in [0.717, 1.165) is 16.9 Å². The number of nitrogens with zero attached hydrogens (tertiary/aromatic N) is 2. The minimum absolute atomic E-state index is 0.0436. The molecule has 0 bridgehead atoms. The summed E-state index contributed by atoms with van der Waals surface area (Å²) in [7, 11) is 0.